The van der Waals surface area contributed by atoms with Gasteiger partial charge in [-0.15, -0.1) is 0 Å². The molecule has 1 atom stereocenters. The summed E-state index contributed by atoms with van der Waals surface area (Å²) in [7, 11) is 0. The van der Waals surface area contributed by atoms with E-state index in [9.17, 15) is 18.3 Å². The molecular formula is C11H14F3NO. The first-order valence-electron chi connectivity index (χ1n) is 5.11. The van der Waals surface area contributed by atoms with Gasteiger partial charge in [-0.05, 0) is 37.0 Å². The van der Waals surface area contributed by atoms with Gasteiger partial charge in [-0.1, -0.05) is 0 Å². The minimum absolute atomic E-state index is 0.228. The van der Waals surface area contributed by atoms with Crippen LogP contribution in [0.15, 0.2) is 24.5 Å². The number of halogens is 3. The Morgan fingerprint density at radius 3 is 2.38 bits per heavy atom. The highest BCUT2D eigenvalue weighted by molar-refractivity contribution is 5.09. The lowest BCUT2D eigenvalue weighted by atomic mass is 10.0. The van der Waals surface area contributed by atoms with Crippen LogP contribution in [0.1, 0.15) is 24.8 Å². The average Bonchev–Trinajstić information content (AvgIpc) is 2.24. The van der Waals surface area contributed by atoms with Gasteiger partial charge in [0, 0.05) is 18.8 Å². The molecule has 2 nitrogen and oxygen atoms in total. The molecule has 0 bridgehead atoms. The maximum absolute atomic E-state index is 11.9. The fraction of sp³-hybridized carbons (Fsp3) is 0.545. The van der Waals surface area contributed by atoms with Crippen LogP contribution in [-0.2, 0) is 6.42 Å². The second-order valence-electron chi connectivity index (χ2n) is 3.70. The Balaban J connectivity index is 2.23. The molecular weight excluding hydrogens is 219 g/mol. The van der Waals surface area contributed by atoms with Crippen LogP contribution in [-0.4, -0.2) is 22.4 Å². The Hall–Kier alpha value is -1.10. The first-order chi connectivity index (χ1) is 7.47. The fourth-order valence-electron chi connectivity index (χ4n) is 1.36. The SMILES string of the molecule is OC(CCc1ccncc1)CCC(F)(F)F. The van der Waals surface area contributed by atoms with Crippen LogP contribution in [0.4, 0.5) is 13.2 Å². The van der Waals surface area contributed by atoms with E-state index in [0.29, 0.717) is 12.8 Å². The van der Waals surface area contributed by atoms with Gasteiger partial charge in [-0.3, -0.25) is 4.98 Å². The van der Waals surface area contributed by atoms with Crippen molar-refractivity contribution < 1.29 is 18.3 Å². The molecule has 0 amide bonds. The number of nitrogens with zero attached hydrogens (tertiary/aromatic N) is 1. The summed E-state index contributed by atoms with van der Waals surface area (Å²) in [5, 5.41) is 9.36. The van der Waals surface area contributed by atoms with Gasteiger partial charge >= 0.3 is 6.18 Å². The third kappa shape index (κ3) is 5.70. The molecule has 0 radical (unpaired) electrons. The van der Waals surface area contributed by atoms with E-state index in [4.69, 9.17) is 0 Å². The predicted molar refractivity (Wildman–Crippen MR) is 53.9 cm³/mol. The molecule has 1 rings (SSSR count). The molecule has 1 N–H and O–H groups in total. The van der Waals surface area contributed by atoms with Crippen molar-refractivity contribution >= 4 is 0 Å². The van der Waals surface area contributed by atoms with Crippen LogP contribution in [0.2, 0.25) is 0 Å². The van der Waals surface area contributed by atoms with E-state index < -0.39 is 18.7 Å². The Morgan fingerprint density at radius 2 is 1.81 bits per heavy atom. The van der Waals surface area contributed by atoms with Crippen molar-refractivity contribution in [3.63, 3.8) is 0 Å². The van der Waals surface area contributed by atoms with E-state index in [1.807, 2.05) is 0 Å². The van der Waals surface area contributed by atoms with Crippen LogP contribution >= 0.6 is 0 Å². The predicted octanol–water partition coefficient (Wildman–Crippen LogP) is 2.72. The maximum atomic E-state index is 11.9. The molecule has 1 heterocycles. The third-order valence-electron chi connectivity index (χ3n) is 2.28. The summed E-state index contributed by atoms with van der Waals surface area (Å²) >= 11 is 0. The first-order valence-corrected chi connectivity index (χ1v) is 5.11. The lowest BCUT2D eigenvalue weighted by Crippen LogP contribution is -2.14. The number of aryl methyl sites for hydroxylation is 1. The van der Waals surface area contributed by atoms with Crippen LogP contribution in [0.3, 0.4) is 0 Å². The highest BCUT2D eigenvalue weighted by atomic mass is 19.4. The molecule has 5 heteroatoms. The zero-order valence-electron chi connectivity index (χ0n) is 8.74. The molecule has 0 aliphatic heterocycles. The van der Waals surface area contributed by atoms with Gasteiger partial charge in [0.05, 0.1) is 6.10 Å². The number of alkyl halides is 3. The molecule has 0 aliphatic carbocycles. The van der Waals surface area contributed by atoms with Crippen LogP contribution in [0.25, 0.3) is 0 Å². The van der Waals surface area contributed by atoms with Crippen molar-refractivity contribution in [2.75, 3.05) is 0 Å². The van der Waals surface area contributed by atoms with Crippen molar-refractivity contribution in [2.45, 2.75) is 38.0 Å². The molecule has 1 aromatic rings. The highest BCUT2D eigenvalue weighted by Crippen LogP contribution is 2.23. The lowest BCUT2D eigenvalue weighted by molar-refractivity contribution is -0.140. The highest BCUT2D eigenvalue weighted by Gasteiger charge is 2.27. The van der Waals surface area contributed by atoms with E-state index in [0.717, 1.165) is 5.56 Å². The van der Waals surface area contributed by atoms with E-state index in [2.05, 4.69) is 4.98 Å². The molecule has 0 saturated carbocycles. The number of aromatic nitrogens is 1. The van der Waals surface area contributed by atoms with Gasteiger partial charge in [0.15, 0.2) is 0 Å². The molecule has 0 fully saturated rings. The van der Waals surface area contributed by atoms with Crippen molar-refractivity contribution in [1.29, 1.82) is 0 Å². The minimum Gasteiger partial charge on any atom is -0.393 e. The van der Waals surface area contributed by atoms with Gasteiger partial charge in [0.2, 0.25) is 0 Å². The largest absolute Gasteiger partial charge is 0.393 e. The summed E-state index contributed by atoms with van der Waals surface area (Å²) < 4.78 is 35.6. The number of aliphatic hydroxyl groups excluding tert-OH is 1. The Morgan fingerprint density at radius 1 is 1.19 bits per heavy atom. The van der Waals surface area contributed by atoms with Crippen LogP contribution in [0, 0.1) is 0 Å². The second kappa shape index (κ2) is 5.84. The Kier molecular flexibility index (Phi) is 4.73. The zero-order chi connectivity index (χ0) is 12.0. The fourth-order valence-corrected chi connectivity index (χ4v) is 1.36. The van der Waals surface area contributed by atoms with Gasteiger partial charge < -0.3 is 5.11 Å². The van der Waals surface area contributed by atoms with Gasteiger partial charge in [-0.2, -0.15) is 13.2 Å². The van der Waals surface area contributed by atoms with E-state index >= 15 is 0 Å². The average molecular weight is 233 g/mol. The number of hydrogen-bond donors (Lipinski definition) is 1. The van der Waals surface area contributed by atoms with Crippen molar-refractivity contribution in [3.05, 3.63) is 30.1 Å². The molecule has 0 spiro atoms. The summed E-state index contributed by atoms with van der Waals surface area (Å²) in [6.45, 7) is 0. The maximum Gasteiger partial charge on any atom is 0.389 e. The second-order valence-corrected chi connectivity index (χ2v) is 3.70. The number of rotatable bonds is 5. The molecule has 0 aliphatic rings. The van der Waals surface area contributed by atoms with Crippen LogP contribution in [0.5, 0.6) is 0 Å². The summed E-state index contributed by atoms with van der Waals surface area (Å²) in [5.41, 5.74) is 0.973. The van der Waals surface area contributed by atoms with Gasteiger partial charge in [0.25, 0.3) is 0 Å². The normalized spacial score (nSPS) is 13.8. The van der Waals surface area contributed by atoms with E-state index in [-0.39, 0.29) is 6.42 Å². The quantitative estimate of drug-likeness (QED) is 0.848. The smallest absolute Gasteiger partial charge is 0.389 e. The van der Waals surface area contributed by atoms with Crippen LogP contribution < -0.4 is 0 Å². The number of aliphatic hydroxyl groups is 1. The summed E-state index contributed by atoms with van der Waals surface area (Å²) in [6.07, 6.45) is -2.07. The van der Waals surface area contributed by atoms with E-state index in [1.54, 1.807) is 24.5 Å². The monoisotopic (exact) mass is 233 g/mol. The molecule has 0 saturated heterocycles. The summed E-state index contributed by atoms with van der Waals surface area (Å²) in [5.74, 6) is 0. The van der Waals surface area contributed by atoms with Gasteiger partial charge in [-0.25, -0.2) is 0 Å². The summed E-state index contributed by atoms with van der Waals surface area (Å²) in [6, 6.07) is 3.58. The number of hydrogen-bond acceptors (Lipinski definition) is 2. The summed E-state index contributed by atoms with van der Waals surface area (Å²) in [4.78, 5) is 3.83. The Labute approximate surface area is 92.1 Å². The number of pyridine rings is 1. The first kappa shape index (κ1) is 13.0. The standard InChI is InChI=1S/C11H14F3NO/c12-11(13,14)6-3-10(16)2-1-9-4-7-15-8-5-9/h4-5,7-8,10,16H,1-3,6H2. The third-order valence-corrected chi connectivity index (χ3v) is 2.28. The van der Waals surface area contributed by atoms with Crippen molar-refractivity contribution in [3.8, 4) is 0 Å². The Bertz CT molecular complexity index is 300. The topological polar surface area (TPSA) is 33.1 Å². The molecule has 1 aromatic heterocycles. The molecule has 1 unspecified atom stereocenters. The molecule has 90 valence electrons. The molecule has 16 heavy (non-hydrogen) atoms. The lowest BCUT2D eigenvalue weighted by Gasteiger charge is -2.11. The van der Waals surface area contributed by atoms with Crippen molar-refractivity contribution in [2.24, 2.45) is 0 Å². The van der Waals surface area contributed by atoms with E-state index in [1.165, 1.54) is 0 Å². The zero-order valence-corrected chi connectivity index (χ0v) is 8.74. The molecule has 0 aromatic carbocycles. The van der Waals surface area contributed by atoms with Crippen molar-refractivity contribution in [1.82, 2.24) is 4.98 Å². The van der Waals surface area contributed by atoms with Gasteiger partial charge in [0.1, 0.15) is 0 Å². The minimum atomic E-state index is -4.18.